The second kappa shape index (κ2) is 6.20. The number of nitrogens with zero attached hydrogens (tertiary/aromatic N) is 2. The molecule has 3 aromatic rings. The summed E-state index contributed by atoms with van der Waals surface area (Å²) in [6, 6.07) is 14.6. The molecule has 1 N–H and O–H groups in total. The third kappa shape index (κ3) is 2.76. The lowest BCUT2D eigenvalue weighted by molar-refractivity contribution is 0.169. The van der Waals surface area contributed by atoms with Gasteiger partial charge in [-0.1, -0.05) is 29.8 Å². The maximum atomic E-state index is 12.2. The van der Waals surface area contributed by atoms with Gasteiger partial charge in [-0.05, 0) is 38.1 Å². The van der Waals surface area contributed by atoms with Gasteiger partial charge in [0, 0.05) is 16.7 Å². The number of methoxy groups -OCH3 is 1. The summed E-state index contributed by atoms with van der Waals surface area (Å²) in [6.45, 7) is 3.94. The Morgan fingerprint density at radius 2 is 1.58 bits per heavy atom. The molecule has 1 heterocycles. The molecule has 0 spiro atoms. The molecule has 0 unspecified atom stereocenters. The summed E-state index contributed by atoms with van der Waals surface area (Å²) in [4.78, 5) is 12.2. The molecule has 0 aliphatic carbocycles. The number of hydrogen-bond donors (Lipinski definition) is 1. The van der Waals surface area contributed by atoms with E-state index in [9.17, 15) is 9.90 Å². The van der Waals surface area contributed by atoms with Crippen molar-refractivity contribution in [2.24, 2.45) is 0 Å². The molecule has 0 saturated heterocycles. The predicted octanol–water partition coefficient (Wildman–Crippen LogP) is 4.15. The normalized spacial score (nSPS) is 10.6. The topological polar surface area (TPSA) is 64.4 Å². The molecule has 0 aliphatic heterocycles. The van der Waals surface area contributed by atoms with Crippen LogP contribution < -0.4 is 0 Å². The second-order valence-electron chi connectivity index (χ2n) is 5.62. The second-order valence-corrected chi connectivity index (χ2v) is 5.62. The predicted molar refractivity (Wildman–Crippen MR) is 92.0 cm³/mol. The van der Waals surface area contributed by atoms with Gasteiger partial charge < -0.3 is 9.84 Å². The largest absolute Gasteiger partial charge is 0.508 e. The van der Waals surface area contributed by atoms with Crippen LogP contribution in [0.2, 0.25) is 0 Å². The van der Waals surface area contributed by atoms with Gasteiger partial charge >= 0.3 is 6.09 Å². The van der Waals surface area contributed by atoms with E-state index in [1.165, 1.54) is 11.8 Å². The lowest BCUT2D eigenvalue weighted by Crippen LogP contribution is -2.14. The number of hydrogen-bond acceptors (Lipinski definition) is 4. The standard InChI is InChI=1S/C19H18N2O3/c1-12-4-6-14(7-5-12)17-13(2)18(21(20-17)19(23)24-3)15-8-10-16(22)11-9-15/h4-11,22H,1-3H3. The summed E-state index contributed by atoms with van der Waals surface area (Å²) in [5.41, 5.74) is 5.11. The summed E-state index contributed by atoms with van der Waals surface area (Å²) >= 11 is 0. The molecule has 0 aliphatic rings. The highest BCUT2D eigenvalue weighted by atomic mass is 16.5. The average Bonchev–Trinajstić information content (AvgIpc) is 2.93. The number of aromatic hydroxyl groups is 1. The van der Waals surface area contributed by atoms with Crippen molar-refractivity contribution in [1.82, 2.24) is 9.78 Å². The molecule has 5 heteroatoms. The smallest absolute Gasteiger partial charge is 0.435 e. The van der Waals surface area contributed by atoms with Crippen molar-refractivity contribution >= 4 is 6.09 Å². The molecule has 0 radical (unpaired) electrons. The molecule has 5 nitrogen and oxygen atoms in total. The number of phenolic OH excluding ortho intramolecular Hbond substituents is 1. The third-order valence-corrected chi connectivity index (χ3v) is 3.94. The summed E-state index contributed by atoms with van der Waals surface area (Å²) in [6.07, 6.45) is -0.556. The summed E-state index contributed by atoms with van der Waals surface area (Å²) in [5.74, 6) is 0.166. The van der Waals surface area contributed by atoms with Gasteiger partial charge in [-0.2, -0.15) is 9.78 Å². The van der Waals surface area contributed by atoms with Crippen molar-refractivity contribution in [2.75, 3.05) is 7.11 Å². The lowest BCUT2D eigenvalue weighted by Gasteiger charge is -2.06. The fourth-order valence-corrected chi connectivity index (χ4v) is 2.66. The fraction of sp³-hybridized carbons (Fsp3) is 0.158. The van der Waals surface area contributed by atoms with Crippen molar-refractivity contribution < 1.29 is 14.6 Å². The van der Waals surface area contributed by atoms with Gasteiger partial charge in [0.2, 0.25) is 0 Å². The molecule has 0 amide bonds. The molecular formula is C19H18N2O3. The van der Waals surface area contributed by atoms with E-state index in [4.69, 9.17) is 4.74 Å². The van der Waals surface area contributed by atoms with E-state index in [2.05, 4.69) is 5.10 Å². The van der Waals surface area contributed by atoms with Gasteiger partial charge in [0.1, 0.15) is 5.75 Å². The highest BCUT2D eigenvalue weighted by molar-refractivity contribution is 5.83. The first-order chi connectivity index (χ1) is 11.5. The number of carbonyl (C=O) groups excluding carboxylic acids is 1. The first-order valence-corrected chi connectivity index (χ1v) is 7.55. The first kappa shape index (κ1) is 15.8. The molecule has 1 aromatic heterocycles. The van der Waals surface area contributed by atoms with Gasteiger partial charge in [-0.15, -0.1) is 0 Å². The molecule has 0 saturated carbocycles. The zero-order chi connectivity index (χ0) is 17.3. The summed E-state index contributed by atoms with van der Waals surface area (Å²) in [5, 5.41) is 14.0. The molecule has 0 atom stereocenters. The minimum Gasteiger partial charge on any atom is -0.508 e. The van der Waals surface area contributed by atoms with Crippen LogP contribution in [0.4, 0.5) is 4.79 Å². The van der Waals surface area contributed by atoms with Crippen LogP contribution >= 0.6 is 0 Å². The van der Waals surface area contributed by atoms with E-state index < -0.39 is 6.09 Å². The van der Waals surface area contributed by atoms with Gasteiger partial charge in [0.15, 0.2) is 0 Å². The molecule has 24 heavy (non-hydrogen) atoms. The molecule has 0 fully saturated rings. The minimum atomic E-state index is -0.556. The Kier molecular flexibility index (Phi) is 4.08. The highest BCUT2D eigenvalue weighted by Crippen LogP contribution is 2.32. The molecule has 122 valence electrons. The van der Waals surface area contributed by atoms with E-state index in [-0.39, 0.29) is 5.75 Å². The highest BCUT2D eigenvalue weighted by Gasteiger charge is 2.21. The van der Waals surface area contributed by atoms with Crippen LogP contribution in [-0.2, 0) is 4.74 Å². The van der Waals surface area contributed by atoms with Crippen molar-refractivity contribution in [2.45, 2.75) is 13.8 Å². The lowest BCUT2D eigenvalue weighted by atomic mass is 10.0. The van der Waals surface area contributed by atoms with Crippen molar-refractivity contribution in [3.05, 3.63) is 59.7 Å². The van der Waals surface area contributed by atoms with Crippen LogP contribution in [0, 0.1) is 13.8 Å². The van der Waals surface area contributed by atoms with Gasteiger partial charge in [0.25, 0.3) is 0 Å². The number of aromatic nitrogens is 2. The van der Waals surface area contributed by atoms with Crippen LogP contribution in [0.5, 0.6) is 5.75 Å². The van der Waals surface area contributed by atoms with E-state index in [1.807, 2.05) is 38.1 Å². The van der Waals surface area contributed by atoms with Gasteiger partial charge in [-0.25, -0.2) is 4.79 Å². The number of rotatable bonds is 2. The maximum Gasteiger partial charge on any atom is 0.435 e. The molecular weight excluding hydrogens is 304 g/mol. The zero-order valence-electron chi connectivity index (χ0n) is 13.8. The molecule has 3 rings (SSSR count). The van der Waals surface area contributed by atoms with Crippen LogP contribution in [0.25, 0.3) is 22.5 Å². The van der Waals surface area contributed by atoms with E-state index in [0.717, 1.165) is 27.9 Å². The number of carbonyl (C=O) groups is 1. The first-order valence-electron chi connectivity index (χ1n) is 7.55. The van der Waals surface area contributed by atoms with Crippen molar-refractivity contribution in [3.8, 4) is 28.3 Å². The van der Waals surface area contributed by atoms with Crippen LogP contribution in [0.3, 0.4) is 0 Å². The SMILES string of the molecule is COC(=O)n1nc(-c2ccc(C)cc2)c(C)c1-c1ccc(O)cc1. The Morgan fingerprint density at radius 3 is 2.17 bits per heavy atom. The Morgan fingerprint density at radius 1 is 1.00 bits per heavy atom. The van der Waals surface area contributed by atoms with Gasteiger partial charge in [-0.3, -0.25) is 0 Å². The average molecular weight is 322 g/mol. The van der Waals surface area contributed by atoms with Gasteiger partial charge in [0.05, 0.1) is 18.5 Å². The monoisotopic (exact) mass is 322 g/mol. The summed E-state index contributed by atoms with van der Waals surface area (Å²) < 4.78 is 6.12. The van der Waals surface area contributed by atoms with Crippen molar-refractivity contribution in [1.29, 1.82) is 0 Å². The van der Waals surface area contributed by atoms with Crippen molar-refractivity contribution in [3.63, 3.8) is 0 Å². The van der Waals surface area contributed by atoms with E-state index in [0.29, 0.717) is 5.69 Å². The Bertz CT molecular complexity index is 878. The fourth-order valence-electron chi connectivity index (χ4n) is 2.66. The Balaban J connectivity index is 2.21. The maximum absolute atomic E-state index is 12.2. The number of phenols is 1. The van der Waals surface area contributed by atoms with Crippen LogP contribution in [0.1, 0.15) is 11.1 Å². The minimum absolute atomic E-state index is 0.166. The Labute approximate surface area is 140 Å². The Hall–Kier alpha value is -3.08. The summed E-state index contributed by atoms with van der Waals surface area (Å²) in [7, 11) is 1.32. The van der Waals surface area contributed by atoms with Crippen LogP contribution in [-0.4, -0.2) is 28.1 Å². The number of ether oxygens (including phenoxy) is 1. The zero-order valence-corrected chi connectivity index (χ0v) is 13.8. The molecule has 0 bridgehead atoms. The van der Waals surface area contributed by atoms with E-state index in [1.54, 1.807) is 24.3 Å². The van der Waals surface area contributed by atoms with Crippen LogP contribution in [0.15, 0.2) is 48.5 Å². The quantitative estimate of drug-likeness (QED) is 0.769. The van der Waals surface area contributed by atoms with E-state index >= 15 is 0 Å². The molecule has 2 aromatic carbocycles. The number of aryl methyl sites for hydroxylation is 1. The third-order valence-electron chi connectivity index (χ3n) is 3.94. The number of benzene rings is 2.